The molecule has 0 atom stereocenters. The number of fused-ring (bicyclic) bond motifs is 1. The van der Waals surface area contributed by atoms with E-state index in [-0.39, 0.29) is 0 Å². The monoisotopic (exact) mass is 219 g/mol. The Hall–Kier alpha value is -2.28. The standard InChI is InChI=1S/C16H13N/c1-2-6-13(7-3-1)10-11-14-12-17-16-9-5-4-8-15(14)16/h1-12,17H/b11-10-. The first-order valence-corrected chi connectivity index (χ1v) is 5.73. The third-order valence-electron chi connectivity index (χ3n) is 2.88. The Bertz CT molecular complexity index is 647. The summed E-state index contributed by atoms with van der Waals surface area (Å²) in [5.41, 5.74) is 3.63. The highest BCUT2D eigenvalue weighted by Gasteiger charge is 1.98. The van der Waals surface area contributed by atoms with Crippen LogP contribution in [0.5, 0.6) is 0 Å². The maximum absolute atomic E-state index is 3.27. The quantitative estimate of drug-likeness (QED) is 0.660. The number of hydrogen-bond donors (Lipinski definition) is 1. The predicted octanol–water partition coefficient (Wildman–Crippen LogP) is 4.34. The van der Waals surface area contributed by atoms with Crippen molar-refractivity contribution in [3.8, 4) is 0 Å². The third kappa shape index (κ3) is 2.00. The lowest BCUT2D eigenvalue weighted by atomic mass is 10.1. The number of benzene rings is 2. The molecule has 82 valence electrons. The van der Waals surface area contributed by atoms with E-state index >= 15 is 0 Å². The van der Waals surface area contributed by atoms with Gasteiger partial charge in [-0.25, -0.2) is 0 Å². The van der Waals surface area contributed by atoms with Gasteiger partial charge in [-0.2, -0.15) is 0 Å². The molecule has 0 amide bonds. The Kier molecular flexibility index (Phi) is 2.51. The molecule has 0 unspecified atom stereocenters. The van der Waals surface area contributed by atoms with Crippen molar-refractivity contribution < 1.29 is 0 Å². The molecule has 0 radical (unpaired) electrons. The maximum atomic E-state index is 3.27. The van der Waals surface area contributed by atoms with Gasteiger partial charge in [0.1, 0.15) is 0 Å². The molecule has 0 bridgehead atoms. The van der Waals surface area contributed by atoms with Crippen LogP contribution >= 0.6 is 0 Å². The van der Waals surface area contributed by atoms with Gasteiger partial charge in [-0.3, -0.25) is 0 Å². The van der Waals surface area contributed by atoms with Crippen LogP contribution < -0.4 is 0 Å². The predicted molar refractivity (Wildman–Crippen MR) is 73.7 cm³/mol. The Morgan fingerprint density at radius 3 is 2.41 bits per heavy atom. The van der Waals surface area contributed by atoms with Gasteiger partial charge in [-0.1, -0.05) is 60.7 Å². The molecule has 0 aliphatic carbocycles. The number of aromatic nitrogens is 1. The van der Waals surface area contributed by atoms with E-state index in [9.17, 15) is 0 Å². The first-order chi connectivity index (χ1) is 8.43. The van der Waals surface area contributed by atoms with Crippen LogP contribution in [0.1, 0.15) is 11.1 Å². The van der Waals surface area contributed by atoms with Crippen molar-refractivity contribution >= 4 is 23.1 Å². The molecular weight excluding hydrogens is 206 g/mol. The summed E-state index contributed by atoms with van der Waals surface area (Å²) in [6, 6.07) is 18.7. The van der Waals surface area contributed by atoms with E-state index in [1.165, 1.54) is 22.0 Å². The molecule has 1 nitrogen and oxygen atoms in total. The minimum absolute atomic E-state index is 1.18. The molecule has 1 N–H and O–H groups in total. The van der Waals surface area contributed by atoms with Gasteiger partial charge in [0, 0.05) is 17.1 Å². The van der Waals surface area contributed by atoms with Gasteiger partial charge in [0.2, 0.25) is 0 Å². The zero-order chi connectivity index (χ0) is 11.5. The van der Waals surface area contributed by atoms with Crippen molar-refractivity contribution in [3.05, 3.63) is 71.9 Å². The fraction of sp³-hybridized carbons (Fsp3) is 0. The van der Waals surface area contributed by atoms with E-state index in [0.29, 0.717) is 0 Å². The number of aromatic amines is 1. The average molecular weight is 219 g/mol. The average Bonchev–Trinajstić information content (AvgIpc) is 2.81. The Morgan fingerprint density at radius 1 is 0.765 bits per heavy atom. The summed E-state index contributed by atoms with van der Waals surface area (Å²) in [5, 5.41) is 1.26. The van der Waals surface area contributed by atoms with Crippen LogP contribution in [-0.4, -0.2) is 4.98 Å². The highest BCUT2D eigenvalue weighted by Crippen LogP contribution is 2.19. The lowest BCUT2D eigenvalue weighted by molar-refractivity contribution is 1.47. The molecule has 1 heterocycles. The molecule has 17 heavy (non-hydrogen) atoms. The SMILES string of the molecule is C(=C/c1c[nH]c2ccccc12)/c1ccccc1. The van der Waals surface area contributed by atoms with Gasteiger partial charge in [0.05, 0.1) is 0 Å². The van der Waals surface area contributed by atoms with E-state index in [2.05, 4.69) is 59.6 Å². The molecule has 0 spiro atoms. The lowest BCUT2D eigenvalue weighted by Crippen LogP contribution is -1.70. The summed E-state index contributed by atoms with van der Waals surface area (Å²) in [6.07, 6.45) is 6.33. The van der Waals surface area contributed by atoms with Crippen LogP contribution in [0.3, 0.4) is 0 Å². The highest BCUT2D eigenvalue weighted by molar-refractivity contribution is 5.91. The van der Waals surface area contributed by atoms with Crippen molar-refractivity contribution in [3.63, 3.8) is 0 Å². The zero-order valence-electron chi connectivity index (χ0n) is 9.43. The normalized spacial score (nSPS) is 11.3. The van der Waals surface area contributed by atoms with Crippen molar-refractivity contribution in [2.24, 2.45) is 0 Å². The van der Waals surface area contributed by atoms with E-state index < -0.39 is 0 Å². The van der Waals surface area contributed by atoms with Crippen molar-refractivity contribution in [1.82, 2.24) is 4.98 Å². The summed E-state index contributed by atoms with van der Waals surface area (Å²) in [7, 11) is 0. The zero-order valence-corrected chi connectivity index (χ0v) is 9.43. The molecule has 0 saturated heterocycles. The minimum atomic E-state index is 1.18. The van der Waals surface area contributed by atoms with Gasteiger partial charge in [0.25, 0.3) is 0 Å². The molecule has 0 aliphatic heterocycles. The van der Waals surface area contributed by atoms with Crippen LogP contribution in [0, 0.1) is 0 Å². The van der Waals surface area contributed by atoms with Crippen LogP contribution in [-0.2, 0) is 0 Å². The van der Waals surface area contributed by atoms with Gasteiger partial charge >= 0.3 is 0 Å². The summed E-state index contributed by atoms with van der Waals surface area (Å²) in [6.45, 7) is 0. The number of para-hydroxylation sites is 1. The summed E-state index contributed by atoms with van der Waals surface area (Å²) in [5.74, 6) is 0. The molecule has 1 aromatic heterocycles. The largest absolute Gasteiger partial charge is 0.361 e. The lowest BCUT2D eigenvalue weighted by Gasteiger charge is -1.92. The Balaban J connectivity index is 1.98. The molecule has 3 aromatic rings. The first-order valence-electron chi connectivity index (χ1n) is 5.73. The van der Waals surface area contributed by atoms with Crippen LogP contribution in [0.4, 0.5) is 0 Å². The molecule has 0 aliphatic rings. The van der Waals surface area contributed by atoms with Crippen LogP contribution in [0.15, 0.2) is 60.8 Å². The molecule has 0 saturated carbocycles. The van der Waals surface area contributed by atoms with Crippen LogP contribution in [0.25, 0.3) is 23.1 Å². The summed E-state index contributed by atoms with van der Waals surface area (Å²) in [4.78, 5) is 3.27. The Labute approximate surface area is 100 Å². The van der Waals surface area contributed by atoms with E-state index in [0.717, 1.165) is 0 Å². The van der Waals surface area contributed by atoms with E-state index in [1.807, 2.05) is 18.3 Å². The smallest absolute Gasteiger partial charge is 0.0460 e. The van der Waals surface area contributed by atoms with Gasteiger partial charge in [-0.15, -0.1) is 0 Å². The minimum Gasteiger partial charge on any atom is -0.361 e. The van der Waals surface area contributed by atoms with Gasteiger partial charge in [-0.05, 0) is 17.2 Å². The first kappa shape index (κ1) is 9.91. The fourth-order valence-electron chi connectivity index (χ4n) is 1.98. The number of hydrogen-bond acceptors (Lipinski definition) is 0. The summed E-state index contributed by atoms with van der Waals surface area (Å²) < 4.78 is 0. The Morgan fingerprint density at radius 2 is 1.53 bits per heavy atom. The van der Waals surface area contributed by atoms with Crippen molar-refractivity contribution in [1.29, 1.82) is 0 Å². The molecule has 2 aromatic carbocycles. The second-order valence-electron chi connectivity index (χ2n) is 4.03. The second-order valence-corrected chi connectivity index (χ2v) is 4.03. The highest BCUT2D eigenvalue weighted by atomic mass is 14.7. The number of nitrogens with one attached hydrogen (secondary N) is 1. The number of rotatable bonds is 2. The topological polar surface area (TPSA) is 15.8 Å². The second kappa shape index (κ2) is 4.30. The molecule has 0 fully saturated rings. The summed E-state index contributed by atoms with van der Waals surface area (Å²) >= 11 is 0. The van der Waals surface area contributed by atoms with Gasteiger partial charge in [0.15, 0.2) is 0 Å². The number of H-pyrrole nitrogens is 1. The van der Waals surface area contributed by atoms with Crippen molar-refractivity contribution in [2.45, 2.75) is 0 Å². The molecule has 3 rings (SSSR count). The fourth-order valence-corrected chi connectivity index (χ4v) is 1.98. The van der Waals surface area contributed by atoms with E-state index in [4.69, 9.17) is 0 Å². The van der Waals surface area contributed by atoms with Crippen molar-refractivity contribution in [2.75, 3.05) is 0 Å². The third-order valence-corrected chi connectivity index (χ3v) is 2.88. The van der Waals surface area contributed by atoms with E-state index in [1.54, 1.807) is 0 Å². The van der Waals surface area contributed by atoms with Gasteiger partial charge < -0.3 is 4.98 Å². The molecular formula is C16H13N. The van der Waals surface area contributed by atoms with Crippen LogP contribution in [0.2, 0.25) is 0 Å². The maximum Gasteiger partial charge on any atom is 0.0460 e. The molecule has 1 heteroatoms.